The number of hydrogen-bond donors (Lipinski definition) is 2. The zero-order chi connectivity index (χ0) is 23.4. The highest BCUT2D eigenvalue weighted by Gasteiger charge is 2.36. The molecule has 0 atom stereocenters. The Morgan fingerprint density at radius 1 is 1.00 bits per heavy atom. The molecule has 1 amide bonds. The molecular formula is C23H16N6O4S. The van der Waals surface area contributed by atoms with Crippen molar-refractivity contribution in [2.24, 2.45) is 0 Å². The van der Waals surface area contributed by atoms with E-state index in [9.17, 15) is 18.0 Å². The van der Waals surface area contributed by atoms with Crippen LogP contribution in [0.3, 0.4) is 0 Å². The van der Waals surface area contributed by atoms with Gasteiger partial charge in [-0.1, -0.05) is 36.4 Å². The molecule has 0 fully saturated rings. The minimum absolute atomic E-state index is 0.188. The molecule has 3 aromatic carbocycles. The van der Waals surface area contributed by atoms with Crippen molar-refractivity contribution in [3.05, 3.63) is 83.5 Å². The molecule has 168 valence electrons. The van der Waals surface area contributed by atoms with Gasteiger partial charge in [0.1, 0.15) is 11.9 Å². The van der Waals surface area contributed by atoms with Crippen LogP contribution in [0.15, 0.2) is 82.9 Å². The first kappa shape index (κ1) is 20.1. The first-order valence-electron chi connectivity index (χ1n) is 10.3. The number of aromatic amines is 1. The van der Waals surface area contributed by atoms with Gasteiger partial charge >= 0.3 is 0 Å². The molecule has 0 spiro atoms. The Balaban J connectivity index is 1.35. The second-order valence-corrected chi connectivity index (χ2v) is 9.56. The largest absolute Gasteiger partial charge is 0.323 e. The number of fused-ring (bicyclic) bond motifs is 1. The lowest BCUT2D eigenvalue weighted by Gasteiger charge is -2.19. The lowest BCUT2D eigenvalue weighted by Crippen LogP contribution is -2.35. The fourth-order valence-corrected chi connectivity index (χ4v) is 5.91. The Bertz CT molecular complexity index is 1790. The average Bonchev–Trinajstić information content (AvgIpc) is 3.35. The van der Waals surface area contributed by atoms with E-state index in [-0.39, 0.29) is 10.5 Å². The molecule has 0 radical (unpaired) electrons. The lowest BCUT2D eigenvalue weighted by atomic mass is 10.1. The molecule has 11 heteroatoms. The minimum atomic E-state index is -3.87. The van der Waals surface area contributed by atoms with E-state index in [1.165, 1.54) is 17.2 Å². The predicted octanol–water partition coefficient (Wildman–Crippen LogP) is 2.41. The standard InChI is InChI=1S/C23H16N6O4S/c30-20(12-28-18-9-3-5-14-6-4-10-19(21(14)18)34(28,32)33)27-16-7-1-2-8-17(16)29-22-15(11-26-29)23(31)25-13-24-22/h1-11,13H,12H2,(H,27,30)(H,24,25,31). The molecule has 0 unspecified atom stereocenters. The number of anilines is 2. The van der Waals surface area contributed by atoms with Crippen molar-refractivity contribution in [3.63, 3.8) is 0 Å². The molecule has 5 aromatic rings. The van der Waals surface area contributed by atoms with Crippen molar-refractivity contribution in [2.75, 3.05) is 16.2 Å². The van der Waals surface area contributed by atoms with Crippen LogP contribution in [0, 0.1) is 0 Å². The molecule has 0 aliphatic carbocycles. The average molecular weight is 472 g/mol. The van der Waals surface area contributed by atoms with Crippen molar-refractivity contribution in [3.8, 4) is 5.69 Å². The van der Waals surface area contributed by atoms with Gasteiger partial charge in [0, 0.05) is 5.39 Å². The molecular weight excluding hydrogens is 456 g/mol. The van der Waals surface area contributed by atoms with Crippen LogP contribution in [0.25, 0.3) is 27.5 Å². The van der Waals surface area contributed by atoms with Crippen LogP contribution in [0.2, 0.25) is 0 Å². The number of H-pyrrole nitrogens is 1. The Morgan fingerprint density at radius 3 is 2.62 bits per heavy atom. The SMILES string of the molecule is O=C(CN1c2cccc3cccc(c23)S1(=O)=O)Nc1ccccc1-n1ncc2c(=O)[nH]cnc21. The summed E-state index contributed by atoms with van der Waals surface area (Å²) in [4.78, 5) is 32.0. The molecule has 6 rings (SSSR count). The smallest absolute Gasteiger partial charge is 0.265 e. The fourth-order valence-electron chi connectivity index (χ4n) is 4.25. The normalized spacial score (nSPS) is 14.1. The molecule has 10 nitrogen and oxygen atoms in total. The maximum Gasteiger partial charge on any atom is 0.265 e. The third kappa shape index (κ3) is 2.90. The van der Waals surface area contributed by atoms with Gasteiger partial charge in [-0.3, -0.25) is 13.9 Å². The molecule has 3 heterocycles. The third-order valence-corrected chi connectivity index (χ3v) is 7.55. The zero-order valence-corrected chi connectivity index (χ0v) is 18.3. The summed E-state index contributed by atoms with van der Waals surface area (Å²) in [6.07, 6.45) is 2.68. The third-order valence-electron chi connectivity index (χ3n) is 5.75. The molecule has 34 heavy (non-hydrogen) atoms. The number of nitrogens with zero attached hydrogens (tertiary/aromatic N) is 4. The van der Waals surface area contributed by atoms with Crippen molar-refractivity contribution in [1.82, 2.24) is 19.7 Å². The second-order valence-electron chi connectivity index (χ2n) is 7.73. The highest BCUT2D eigenvalue weighted by molar-refractivity contribution is 7.93. The fraction of sp³-hybridized carbons (Fsp3) is 0.0435. The van der Waals surface area contributed by atoms with E-state index in [1.54, 1.807) is 48.5 Å². The van der Waals surface area contributed by atoms with E-state index < -0.39 is 22.5 Å². The van der Waals surface area contributed by atoms with Crippen molar-refractivity contribution >= 4 is 49.1 Å². The minimum Gasteiger partial charge on any atom is -0.323 e. The summed E-state index contributed by atoms with van der Waals surface area (Å²) in [6.45, 7) is -0.401. The van der Waals surface area contributed by atoms with Crippen molar-refractivity contribution in [1.29, 1.82) is 0 Å². The maximum absolute atomic E-state index is 13.2. The summed E-state index contributed by atoms with van der Waals surface area (Å²) in [5, 5.41) is 8.74. The molecule has 2 aromatic heterocycles. The molecule has 1 aliphatic rings. The van der Waals surface area contributed by atoms with E-state index >= 15 is 0 Å². The van der Waals surface area contributed by atoms with Gasteiger partial charge in [0.05, 0.1) is 34.5 Å². The van der Waals surface area contributed by atoms with Gasteiger partial charge < -0.3 is 10.3 Å². The van der Waals surface area contributed by atoms with Gasteiger partial charge in [0.2, 0.25) is 5.91 Å². The van der Waals surface area contributed by atoms with Gasteiger partial charge in [-0.2, -0.15) is 5.10 Å². The summed E-state index contributed by atoms with van der Waals surface area (Å²) < 4.78 is 28.9. The number of aromatic nitrogens is 4. The number of sulfonamides is 1. The zero-order valence-electron chi connectivity index (χ0n) is 17.5. The highest BCUT2D eigenvalue weighted by Crippen LogP contribution is 2.41. The predicted molar refractivity (Wildman–Crippen MR) is 127 cm³/mol. The summed E-state index contributed by atoms with van der Waals surface area (Å²) in [7, 11) is -3.87. The number of rotatable bonds is 4. The van der Waals surface area contributed by atoms with Crippen LogP contribution in [0.5, 0.6) is 0 Å². The summed E-state index contributed by atoms with van der Waals surface area (Å²) in [6, 6.07) is 17.2. The van der Waals surface area contributed by atoms with E-state index in [0.717, 1.165) is 9.69 Å². The van der Waals surface area contributed by atoms with Crippen LogP contribution in [-0.4, -0.2) is 40.6 Å². The highest BCUT2D eigenvalue weighted by atomic mass is 32.2. The van der Waals surface area contributed by atoms with Gasteiger partial charge in [-0.15, -0.1) is 0 Å². The van der Waals surface area contributed by atoms with Crippen LogP contribution < -0.4 is 15.2 Å². The topological polar surface area (TPSA) is 130 Å². The quantitative estimate of drug-likeness (QED) is 0.413. The van der Waals surface area contributed by atoms with Crippen LogP contribution in [0.1, 0.15) is 0 Å². The molecule has 0 bridgehead atoms. The number of hydrogen-bond acceptors (Lipinski definition) is 6. The number of carbonyl (C=O) groups is 1. The van der Waals surface area contributed by atoms with E-state index in [1.807, 2.05) is 12.1 Å². The number of carbonyl (C=O) groups excluding carboxylic acids is 1. The van der Waals surface area contributed by atoms with E-state index in [2.05, 4.69) is 20.4 Å². The second kappa shape index (κ2) is 7.25. The van der Waals surface area contributed by atoms with E-state index in [4.69, 9.17) is 0 Å². The van der Waals surface area contributed by atoms with Gasteiger partial charge in [0.25, 0.3) is 15.6 Å². The Hall–Kier alpha value is -4.51. The Labute approximate surface area is 192 Å². The summed E-state index contributed by atoms with van der Waals surface area (Å²) >= 11 is 0. The molecule has 0 saturated carbocycles. The first-order valence-corrected chi connectivity index (χ1v) is 11.7. The maximum atomic E-state index is 13.2. The number of para-hydroxylation sites is 2. The van der Waals surface area contributed by atoms with Crippen molar-refractivity contribution < 1.29 is 13.2 Å². The van der Waals surface area contributed by atoms with Crippen molar-refractivity contribution in [2.45, 2.75) is 4.90 Å². The molecule has 1 aliphatic heterocycles. The number of nitrogens with one attached hydrogen (secondary N) is 2. The van der Waals surface area contributed by atoms with Crippen LogP contribution in [0.4, 0.5) is 11.4 Å². The van der Waals surface area contributed by atoms with Crippen LogP contribution >= 0.6 is 0 Å². The lowest BCUT2D eigenvalue weighted by molar-refractivity contribution is -0.114. The Morgan fingerprint density at radius 2 is 1.76 bits per heavy atom. The molecule has 2 N–H and O–H groups in total. The van der Waals surface area contributed by atoms with Gasteiger partial charge in [0.15, 0.2) is 5.65 Å². The monoisotopic (exact) mass is 472 g/mol. The Kier molecular flexibility index (Phi) is 4.29. The molecule has 0 saturated heterocycles. The number of amides is 1. The number of benzene rings is 3. The summed E-state index contributed by atoms with van der Waals surface area (Å²) in [5.74, 6) is -0.525. The van der Waals surface area contributed by atoms with E-state index in [0.29, 0.717) is 33.5 Å². The first-order chi connectivity index (χ1) is 16.4. The van der Waals surface area contributed by atoms with Gasteiger partial charge in [-0.25, -0.2) is 18.1 Å². The van der Waals surface area contributed by atoms with Gasteiger partial charge in [-0.05, 0) is 29.7 Å². The summed E-state index contributed by atoms with van der Waals surface area (Å²) in [5.41, 5.74) is 1.35. The van der Waals surface area contributed by atoms with Crippen LogP contribution in [-0.2, 0) is 14.8 Å².